The standard InChI is InChI=1S/C68H82BN3/c1-61(2,3)43-23-26-45(27-24-43)70-56-30-25-44(62(4,5)6)37-53(56)69-54-41-51-52(66(13,14)36-35-65(51,11)12)42-57(54)71(46-28-29-48-50(38-46)64(9,10)34-33-63(48,7)8)59-40-47(39-58(70)60(59)69)72-55-22-18-17-21-49(55)67(15)31-19-20-32-68(67,72)16/h17-18,21-30,37-42H,19-20,31-36H2,1-16H3. The van der Waals surface area contributed by atoms with Crippen LogP contribution >= 0.6 is 0 Å². The first-order valence-electron chi connectivity index (χ1n) is 27.9. The molecule has 72 heavy (non-hydrogen) atoms. The lowest BCUT2D eigenvalue weighted by atomic mass is 9.33. The smallest absolute Gasteiger partial charge is 0.252 e. The third-order valence-corrected chi connectivity index (χ3v) is 20.2. The molecular formula is C68H82BN3. The van der Waals surface area contributed by atoms with E-state index in [1.54, 1.807) is 0 Å². The van der Waals surface area contributed by atoms with Crippen LogP contribution in [0.25, 0.3) is 0 Å². The van der Waals surface area contributed by atoms with Crippen molar-refractivity contribution in [3.63, 3.8) is 0 Å². The Bertz CT molecular complexity index is 3230. The zero-order chi connectivity index (χ0) is 51.1. The van der Waals surface area contributed by atoms with Crippen molar-refractivity contribution in [1.82, 2.24) is 0 Å². The van der Waals surface area contributed by atoms with Crippen LogP contribution in [0.3, 0.4) is 0 Å². The molecule has 6 aromatic carbocycles. The van der Waals surface area contributed by atoms with Crippen molar-refractivity contribution in [2.75, 3.05) is 14.7 Å². The Morgan fingerprint density at radius 3 is 1.53 bits per heavy atom. The lowest BCUT2D eigenvalue weighted by Gasteiger charge is -2.51. The Balaban J connectivity index is 1.24. The average Bonchev–Trinajstić information content (AvgIpc) is 3.53. The van der Waals surface area contributed by atoms with Crippen LogP contribution in [0.4, 0.5) is 45.5 Å². The molecule has 1 saturated carbocycles. The molecule has 0 radical (unpaired) electrons. The van der Waals surface area contributed by atoms with E-state index in [2.05, 4.69) is 235 Å². The van der Waals surface area contributed by atoms with Crippen LogP contribution in [0, 0.1) is 0 Å². The van der Waals surface area contributed by atoms with Crippen molar-refractivity contribution >= 4 is 68.6 Å². The van der Waals surface area contributed by atoms with E-state index in [-0.39, 0.29) is 50.2 Å². The molecule has 6 aromatic rings. The largest absolute Gasteiger partial charge is 0.334 e. The van der Waals surface area contributed by atoms with Gasteiger partial charge in [-0.2, -0.15) is 0 Å². The quantitative estimate of drug-likeness (QED) is 0.163. The summed E-state index contributed by atoms with van der Waals surface area (Å²) in [6.07, 6.45) is 9.60. The first-order valence-corrected chi connectivity index (χ1v) is 27.9. The van der Waals surface area contributed by atoms with Gasteiger partial charge in [-0.15, -0.1) is 0 Å². The number of nitrogens with zero attached hydrogens (tertiary/aromatic N) is 3. The van der Waals surface area contributed by atoms with E-state index in [4.69, 9.17) is 0 Å². The van der Waals surface area contributed by atoms with Crippen LogP contribution in [0.2, 0.25) is 0 Å². The van der Waals surface area contributed by atoms with Gasteiger partial charge in [0.15, 0.2) is 0 Å². The number of hydrogen-bond donors (Lipinski definition) is 0. The Kier molecular flexibility index (Phi) is 10.1. The molecule has 0 spiro atoms. The summed E-state index contributed by atoms with van der Waals surface area (Å²) in [6, 6.07) is 45.0. The SMILES string of the molecule is CC(C)(C)c1ccc(N2c3ccc(C(C)(C)C)cc3B3c4cc5c(cc4N(c4ccc6c(c4)C(C)(C)CCC6(C)C)c4cc(N6c7ccccc7C7(C)CCCCC67C)cc2c43)C(C)(C)CCC5(C)C)cc1. The molecule has 1 fully saturated rings. The number of anilines is 8. The Labute approximate surface area is 434 Å². The van der Waals surface area contributed by atoms with Crippen LogP contribution in [-0.4, -0.2) is 12.3 Å². The summed E-state index contributed by atoms with van der Waals surface area (Å²) in [5.74, 6) is 0. The second kappa shape index (κ2) is 15.2. The highest BCUT2D eigenvalue weighted by atomic mass is 15.3. The summed E-state index contributed by atoms with van der Waals surface area (Å²) < 4.78 is 0. The van der Waals surface area contributed by atoms with E-state index in [0.717, 1.165) is 6.42 Å². The molecule has 3 aliphatic heterocycles. The Morgan fingerprint density at radius 2 is 0.903 bits per heavy atom. The van der Waals surface area contributed by atoms with Gasteiger partial charge in [0, 0.05) is 50.9 Å². The maximum absolute atomic E-state index is 2.83. The second-order valence-electron chi connectivity index (χ2n) is 28.7. The van der Waals surface area contributed by atoms with Gasteiger partial charge in [0.05, 0.1) is 5.54 Å². The second-order valence-corrected chi connectivity index (χ2v) is 28.7. The molecule has 0 N–H and O–H groups in total. The van der Waals surface area contributed by atoms with E-state index in [0.29, 0.717) is 0 Å². The molecule has 0 aromatic heterocycles. The highest BCUT2D eigenvalue weighted by molar-refractivity contribution is 7.00. The minimum absolute atomic E-state index is 0.0244. The number of hydrogen-bond acceptors (Lipinski definition) is 3. The van der Waals surface area contributed by atoms with Gasteiger partial charge in [0.25, 0.3) is 6.71 Å². The summed E-state index contributed by atoms with van der Waals surface area (Å²) in [7, 11) is 0. The maximum Gasteiger partial charge on any atom is 0.252 e. The molecule has 12 rings (SSSR count). The molecule has 0 saturated heterocycles. The highest BCUT2D eigenvalue weighted by Crippen LogP contribution is 2.62. The summed E-state index contributed by atoms with van der Waals surface area (Å²) in [5, 5.41) is 0. The number of para-hydroxylation sites is 1. The van der Waals surface area contributed by atoms with Crippen molar-refractivity contribution in [2.45, 2.75) is 206 Å². The number of benzene rings is 6. The molecule has 372 valence electrons. The molecule has 4 heteroatoms. The maximum atomic E-state index is 2.83. The number of fused-ring (bicyclic) bond motifs is 9. The average molecular weight is 952 g/mol. The van der Waals surface area contributed by atoms with Crippen molar-refractivity contribution in [3.05, 3.63) is 148 Å². The van der Waals surface area contributed by atoms with Crippen LogP contribution in [0.5, 0.6) is 0 Å². The molecule has 3 heterocycles. The zero-order valence-electron chi connectivity index (χ0n) is 47.0. The van der Waals surface area contributed by atoms with Crippen LogP contribution < -0.4 is 31.1 Å². The minimum atomic E-state index is -0.101. The first-order chi connectivity index (χ1) is 33.7. The molecule has 2 unspecified atom stereocenters. The molecule has 0 bridgehead atoms. The van der Waals surface area contributed by atoms with Gasteiger partial charge in [0.2, 0.25) is 0 Å². The lowest BCUT2D eigenvalue weighted by Crippen LogP contribution is -2.62. The van der Waals surface area contributed by atoms with Gasteiger partial charge in [-0.25, -0.2) is 0 Å². The van der Waals surface area contributed by atoms with E-state index in [1.807, 2.05) is 0 Å². The molecule has 0 amide bonds. The van der Waals surface area contributed by atoms with E-state index in [9.17, 15) is 0 Å². The molecule has 2 atom stereocenters. The Morgan fingerprint density at radius 1 is 0.389 bits per heavy atom. The van der Waals surface area contributed by atoms with Crippen LogP contribution in [0.15, 0.2) is 109 Å². The monoisotopic (exact) mass is 952 g/mol. The Hall–Kier alpha value is -5.22. The summed E-state index contributed by atoms with van der Waals surface area (Å²) >= 11 is 0. The zero-order valence-corrected chi connectivity index (χ0v) is 47.0. The van der Waals surface area contributed by atoms with Gasteiger partial charge >= 0.3 is 0 Å². The van der Waals surface area contributed by atoms with Gasteiger partial charge in [0.1, 0.15) is 0 Å². The highest BCUT2D eigenvalue weighted by Gasteiger charge is 2.58. The first kappa shape index (κ1) is 47.8. The topological polar surface area (TPSA) is 9.72 Å². The lowest BCUT2D eigenvalue weighted by molar-refractivity contribution is 0.195. The predicted octanol–water partition coefficient (Wildman–Crippen LogP) is 16.8. The molecular weight excluding hydrogens is 870 g/mol. The van der Waals surface area contributed by atoms with Gasteiger partial charge in [-0.1, -0.05) is 171 Å². The number of rotatable bonds is 3. The van der Waals surface area contributed by atoms with Gasteiger partial charge in [-0.3, -0.25) is 0 Å². The van der Waals surface area contributed by atoms with E-state index < -0.39 is 0 Å². The summed E-state index contributed by atoms with van der Waals surface area (Å²) in [5.41, 5.74) is 25.2. The van der Waals surface area contributed by atoms with Crippen LogP contribution in [-0.2, 0) is 37.9 Å². The fourth-order valence-electron chi connectivity index (χ4n) is 15.1. The van der Waals surface area contributed by atoms with Crippen LogP contribution in [0.1, 0.15) is 201 Å². The summed E-state index contributed by atoms with van der Waals surface area (Å²) in [6.45, 7) is 39.3. The molecule has 3 aliphatic carbocycles. The molecule has 6 aliphatic rings. The summed E-state index contributed by atoms with van der Waals surface area (Å²) in [4.78, 5) is 8.27. The third-order valence-electron chi connectivity index (χ3n) is 20.2. The predicted molar refractivity (Wildman–Crippen MR) is 311 cm³/mol. The van der Waals surface area contributed by atoms with Crippen molar-refractivity contribution in [2.24, 2.45) is 0 Å². The van der Waals surface area contributed by atoms with E-state index >= 15 is 0 Å². The normalized spacial score (nSPS) is 23.8. The van der Waals surface area contributed by atoms with Crippen molar-refractivity contribution in [1.29, 1.82) is 0 Å². The van der Waals surface area contributed by atoms with Crippen molar-refractivity contribution < 1.29 is 0 Å². The van der Waals surface area contributed by atoms with Gasteiger partial charge in [-0.05, 0) is 188 Å². The molecule has 3 nitrogen and oxygen atoms in total. The fraction of sp³-hybridized carbons (Fsp3) is 0.471. The third kappa shape index (κ3) is 6.74. The fourth-order valence-corrected chi connectivity index (χ4v) is 15.1. The van der Waals surface area contributed by atoms with Crippen molar-refractivity contribution in [3.8, 4) is 0 Å². The van der Waals surface area contributed by atoms with E-state index in [1.165, 1.54) is 146 Å². The van der Waals surface area contributed by atoms with Gasteiger partial charge < -0.3 is 14.7 Å². The minimum Gasteiger partial charge on any atom is -0.334 e.